The van der Waals surface area contributed by atoms with Gasteiger partial charge in [0.15, 0.2) is 0 Å². The van der Waals surface area contributed by atoms with Crippen LogP contribution in [-0.4, -0.2) is 4.98 Å². The number of nitrogens with zero attached hydrogens (tertiary/aromatic N) is 1. The molecule has 0 radical (unpaired) electrons. The van der Waals surface area contributed by atoms with Crippen LogP contribution in [0.25, 0.3) is 0 Å². The van der Waals surface area contributed by atoms with Crippen LogP contribution >= 0.6 is 34.3 Å². The maximum Gasteiger partial charge on any atom is 0.0948 e. The van der Waals surface area contributed by atoms with E-state index in [2.05, 4.69) is 31.6 Å². The van der Waals surface area contributed by atoms with Crippen LogP contribution < -0.4 is 11.3 Å². The molecule has 2 aromatic rings. The minimum absolute atomic E-state index is 0.0199. The molecule has 0 fully saturated rings. The van der Waals surface area contributed by atoms with Crippen molar-refractivity contribution in [1.82, 2.24) is 10.4 Å². The van der Waals surface area contributed by atoms with E-state index in [1.54, 1.807) is 22.7 Å². The van der Waals surface area contributed by atoms with Gasteiger partial charge < -0.3 is 0 Å². The zero-order chi connectivity index (χ0) is 14.0. The van der Waals surface area contributed by atoms with Crippen molar-refractivity contribution in [2.24, 2.45) is 5.84 Å². The Morgan fingerprint density at radius 2 is 2.16 bits per heavy atom. The fourth-order valence-electron chi connectivity index (χ4n) is 1.71. The van der Waals surface area contributed by atoms with Gasteiger partial charge in [-0.25, -0.2) is 4.98 Å². The Kier molecular flexibility index (Phi) is 4.63. The van der Waals surface area contributed by atoms with E-state index in [1.165, 1.54) is 0 Å². The highest BCUT2D eigenvalue weighted by Gasteiger charge is 2.20. The third-order valence-electron chi connectivity index (χ3n) is 2.86. The molecule has 104 valence electrons. The van der Waals surface area contributed by atoms with Crippen molar-refractivity contribution in [3.63, 3.8) is 0 Å². The second-order valence-electron chi connectivity index (χ2n) is 5.43. The Labute approximate surface area is 126 Å². The largest absolute Gasteiger partial charge is 0.271 e. The van der Waals surface area contributed by atoms with Gasteiger partial charge in [0.05, 0.1) is 21.8 Å². The lowest BCUT2D eigenvalue weighted by molar-refractivity contribution is 0.547. The van der Waals surface area contributed by atoms with Crippen molar-refractivity contribution in [3.8, 4) is 0 Å². The Hall–Kier alpha value is -0.460. The summed E-state index contributed by atoms with van der Waals surface area (Å²) in [5.74, 6) is 5.65. The number of hydrazine groups is 1. The fourth-order valence-corrected chi connectivity index (χ4v) is 4.02. The van der Waals surface area contributed by atoms with E-state index >= 15 is 0 Å². The summed E-state index contributed by atoms with van der Waals surface area (Å²) in [6.07, 6.45) is 0.761. The van der Waals surface area contributed by atoms with Crippen LogP contribution in [0.15, 0.2) is 16.8 Å². The summed E-state index contributed by atoms with van der Waals surface area (Å²) in [5, 5.41) is 5.95. The van der Waals surface area contributed by atoms with Gasteiger partial charge in [0.1, 0.15) is 0 Å². The highest BCUT2D eigenvalue weighted by atomic mass is 35.5. The van der Waals surface area contributed by atoms with E-state index in [0.29, 0.717) is 0 Å². The van der Waals surface area contributed by atoms with E-state index in [4.69, 9.17) is 22.4 Å². The second-order valence-corrected chi connectivity index (χ2v) is 7.73. The van der Waals surface area contributed by atoms with Gasteiger partial charge in [0.2, 0.25) is 0 Å². The van der Waals surface area contributed by atoms with E-state index in [-0.39, 0.29) is 11.5 Å². The highest BCUT2D eigenvalue weighted by Crippen LogP contribution is 2.32. The van der Waals surface area contributed by atoms with Gasteiger partial charge in [-0.1, -0.05) is 32.4 Å². The Balaban J connectivity index is 2.16. The SMILES string of the molecule is CC(C)(C)c1csc(CC(NN)c2sccc2Cl)n1. The topological polar surface area (TPSA) is 50.9 Å². The maximum absolute atomic E-state index is 6.16. The van der Waals surface area contributed by atoms with Crippen LogP contribution in [-0.2, 0) is 11.8 Å². The highest BCUT2D eigenvalue weighted by molar-refractivity contribution is 7.11. The predicted molar refractivity (Wildman–Crippen MR) is 83.9 cm³/mol. The molecule has 0 aliphatic rings. The number of nitrogens with two attached hydrogens (primary N) is 1. The van der Waals surface area contributed by atoms with Gasteiger partial charge >= 0.3 is 0 Å². The van der Waals surface area contributed by atoms with Crippen LogP contribution in [0.4, 0.5) is 0 Å². The van der Waals surface area contributed by atoms with Gasteiger partial charge in [-0.15, -0.1) is 22.7 Å². The normalized spacial score (nSPS) is 13.7. The molecule has 0 aliphatic carbocycles. The molecule has 0 amide bonds. The molecule has 1 unspecified atom stereocenters. The molecule has 2 rings (SSSR count). The molecule has 2 aromatic heterocycles. The molecule has 1 atom stereocenters. The summed E-state index contributed by atoms with van der Waals surface area (Å²) in [6.45, 7) is 6.50. The number of thiophene rings is 1. The molecule has 0 saturated heterocycles. The van der Waals surface area contributed by atoms with Crippen molar-refractivity contribution in [3.05, 3.63) is 37.4 Å². The minimum Gasteiger partial charge on any atom is -0.271 e. The molecule has 3 N–H and O–H groups in total. The van der Waals surface area contributed by atoms with Gasteiger partial charge in [-0.3, -0.25) is 11.3 Å². The predicted octanol–water partition coefficient (Wildman–Crippen LogP) is 3.90. The Bertz CT molecular complexity index is 542. The first-order chi connectivity index (χ1) is 8.91. The number of nitrogens with one attached hydrogen (secondary N) is 1. The van der Waals surface area contributed by atoms with E-state index in [0.717, 1.165) is 27.0 Å². The second kappa shape index (κ2) is 5.89. The monoisotopic (exact) mass is 315 g/mol. The van der Waals surface area contributed by atoms with Crippen molar-refractivity contribution >= 4 is 34.3 Å². The van der Waals surface area contributed by atoms with Crippen molar-refractivity contribution in [1.29, 1.82) is 0 Å². The molecular formula is C13H18ClN3S2. The van der Waals surface area contributed by atoms with E-state index in [1.807, 2.05) is 11.4 Å². The fraction of sp³-hybridized carbons (Fsp3) is 0.462. The lowest BCUT2D eigenvalue weighted by Crippen LogP contribution is -2.29. The molecular weight excluding hydrogens is 298 g/mol. The third-order valence-corrected chi connectivity index (χ3v) is 5.20. The molecule has 0 aromatic carbocycles. The summed E-state index contributed by atoms with van der Waals surface area (Å²) >= 11 is 9.45. The smallest absolute Gasteiger partial charge is 0.0948 e. The average molecular weight is 316 g/mol. The zero-order valence-corrected chi connectivity index (χ0v) is 13.6. The van der Waals surface area contributed by atoms with Crippen molar-refractivity contribution in [2.75, 3.05) is 0 Å². The average Bonchev–Trinajstić information content (AvgIpc) is 2.94. The lowest BCUT2D eigenvalue weighted by Gasteiger charge is -2.15. The first kappa shape index (κ1) is 14.9. The number of aromatic nitrogens is 1. The van der Waals surface area contributed by atoms with Crippen LogP contribution in [0.3, 0.4) is 0 Å². The van der Waals surface area contributed by atoms with Crippen LogP contribution in [0, 0.1) is 0 Å². The van der Waals surface area contributed by atoms with Crippen molar-refractivity contribution in [2.45, 2.75) is 38.6 Å². The quantitative estimate of drug-likeness (QED) is 0.664. The van der Waals surface area contributed by atoms with Crippen molar-refractivity contribution < 1.29 is 0 Å². The number of halogens is 1. The van der Waals surface area contributed by atoms with Crippen LogP contribution in [0.5, 0.6) is 0 Å². The van der Waals surface area contributed by atoms with Gasteiger partial charge in [-0.05, 0) is 11.4 Å². The number of rotatable bonds is 4. The summed E-state index contributed by atoms with van der Waals surface area (Å²) in [6, 6.07) is 1.92. The van der Waals surface area contributed by atoms with E-state index < -0.39 is 0 Å². The first-order valence-corrected chi connectivity index (χ1v) is 8.19. The minimum atomic E-state index is 0.0199. The van der Waals surface area contributed by atoms with Gasteiger partial charge in [0, 0.05) is 22.1 Å². The molecule has 3 nitrogen and oxygen atoms in total. The molecule has 0 aliphatic heterocycles. The lowest BCUT2D eigenvalue weighted by atomic mass is 9.93. The number of hydrogen-bond acceptors (Lipinski definition) is 5. The Morgan fingerprint density at radius 3 is 2.63 bits per heavy atom. The summed E-state index contributed by atoms with van der Waals surface area (Å²) < 4.78 is 0. The Morgan fingerprint density at radius 1 is 1.42 bits per heavy atom. The van der Waals surface area contributed by atoms with Crippen LogP contribution in [0.1, 0.15) is 42.4 Å². The van der Waals surface area contributed by atoms with Crippen LogP contribution in [0.2, 0.25) is 5.02 Å². The maximum atomic E-state index is 6.16. The molecule has 6 heteroatoms. The molecule has 2 heterocycles. The van der Waals surface area contributed by atoms with E-state index in [9.17, 15) is 0 Å². The molecule has 0 bridgehead atoms. The molecule has 19 heavy (non-hydrogen) atoms. The summed E-state index contributed by atoms with van der Waals surface area (Å²) in [7, 11) is 0. The van der Waals surface area contributed by atoms with Gasteiger partial charge in [-0.2, -0.15) is 0 Å². The third kappa shape index (κ3) is 3.55. The molecule has 0 spiro atoms. The summed E-state index contributed by atoms with van der Waals surface area (Å²) in [5.41, 5.74) is 4.04. The first-order valence-electron chi connectivity index (χ1n) is 6.05. The summed E-state index contributed by atoms with van der Waals surface area (Å²) in [4.78, 5) is 5.76. The van der Waals surface area contributed by atoms with Gasteiger partial charge in [0.25, 0.3) is 0 Å². The number of hydrogen-bond donors (Lipinski definition) is 2. The molecule has 0 saturated carbocycles. The number of thiazole rings is 1. The zero-order valence-electron chi connectivity index (χ0n) is 11.2. The standard InChI is InChI=1S/C13H18ClN3S2/c1-13(2,3)10-7-19-11(16-10)6-9(17-15)12-8(14)4-5-18-12/h4-5,7,9,17H,6,15H2,1-3H3.